The second-order valence-corrected chi connectivity index (χ2v) is 14.1. The first-order valence-corrected chi connectivity index (χ1v) is 18.6. The molecule has 0 saturated heterocycles. The third-order valence-corrected chi connectivity index (χ3v) is 11.1. The van der Waals surface area contributed by atoms with E-state index in [1.807, 2.05) is 0 Å². The molecule has 2 aromatic heterocycles. The quantitative estimate of drug-likeness (QED) is 0.171. The Morgan fingerprint density at radius 2 is 0.685 bits per heavy atom. The molecule has 0 aliphatic rings. The molecule has 0 radical (unpaired) electrons. The zero-order chi connectivity index (χ0) is 35.6. The fourth-order valence-electron chi connectivity index (χ4n) is 8.62. The van der Waals surface area contributed by atoms with Crippen molar-refractivity contribution in [3.05, 3.63) is 206 Å². The highest BCUT2D eigenvalue weighted by Gasteiger charge is 2.19. The van der Waals surface area contributed by atoms with Gasteiger partial charge >= 0.3 is 0 Å². The van der Waals surface area contributed by atoms with E-state index in [-0.39, 0.29) is 0 Å². The minimum absolute atomic E-state index is 1.18. The normalized spacial score (nSPS) is 11.7. The summed E-state index contributed by atoms with van der Waals surface area (Å²) < 4.78 is 4.89. The second-order valence-electron chi connectivity index (χ2n) is 14.1. The molecule has 2 heterocycles. The summed E-state index contributed by atoms with van der Waals surface area (Å²) in [6.07, 6.45) is 0. The summed E-state index contributed by atoms with van der Waals surface area (Å²) in [5.41, 5.74) is 14.4. The van der Waals surface area contributed by atoms with Crippen molar-refractivity contribution < 1.29 is 0 Å². The first-order chi connectivity index (χ1) is 26.8. The summed E-state index contributed by atoms with van der Waals surface area (Å²) >= 11 is 0. The molecule has 0 atom stereocenters. The molecular formula is C52H34N2. The fraction of sp³-hybridized carbons (Fsp3) is 0. The first kappa shape index (κ1) is 30.5. The van der Waals surface area contributed by atoms with Crippen LogP contribution in [0.5, 0.6) is 0 Å². The van der Waals surface area contributed by atoms with Crippen molar-refractivity contribution in [1.29, 1.82) is 0 Å². The van der Waals surface area contributed by atoms with Crippen molar-refractivity contribution in [2.45, 2.75) is 0 Å². The van der Waals surface area contributed by atoms with Crippen LogP contribution >= 0.6 is 0 Å². The minimum Gasteiger partial charge on any atom is -0.309 e. The lowest BCUT2D eigenvalue weighted by Gasteiger charge is -2.16. The van der Waals surface area contributed by atoms with Crippen molar-refractivity contribution in [2.24, 2.45) is 0 Å². The Morgan fingerprint density at radius 1 is 0.241 bits per heavy atom. The number of hydrogen-bond acceptors (Lipinski definition) is 0. The van der Waals surface area contributed by atoms with Gasteiger partial charge in [-0.05, 0) is 87.6 Å². The number of para-hydroxylation sites is 3. The molecule has 0 spiro atoms. The molecule has 11 aromatic rings. The van der Waals surface area contributed by atoms with E-state index < -0.39 is 0 Å². The average molecular weight is 687 g/mol. The van der Waals surface area contributed by atoms with Crippen LogP contribution in [0.1, 0.15) is 0 Å². The molecule has 11 rings (SSSR count). The standard InChI is InChI=1S/C52H34N2/c1-3-15-35(16-4-1)41-21-9-12-24-47(41)53-48-25-13-10-22-42(48)45-32-39(27-29-50(45)53)40-28-30-51-46(33-40)43-23-11-14-26-49(43)54(51)52-34-38-20-8-7-19-37(38)31-44(52)36-17-5-2-6-18-36/h1-34H. The van der Waals surface area contributed by atoms with E-state index in [0.717, 1.165) is 0 Å². The maximum Gasteiger partial charge on any atom is 0.0546 e. The zero-order valence-electron chi connectivity index (χ0n) is 29.5. The SMILES string of the molecule is c1ccc(-c2ccccc2-n2c3ccccc3c3cc(-c4ccc5c(c4)c4ccccc4n5-c4cc5ccccc5cc4-c4ccccc4)ccc32)cc1. The average Bonchev–Trinajstić information content (AvgIpc) is 3.76. The summed E-state index contributed by atoms with van der Waals surface area (Å²) in [4.78, 5) is 0. The van der Waals surface area contributed by atoms with E-state index in [0.29, 0.717) is 0 Å². The van der Waals surface area contributed by atoms with Crippen molar-refractivity contribution in [3.63, 3.8) is 0 Å². The number of nitrogens with zero attached hydrogens (tertiary/aromatic N) is 2. The van der Waals surface area contributed by atoms with Crippen LogP contribution in [0.25, 0.3) is 99.1 Å². The third-order valence-electron chi connectivity index (χ3n) is 11.1. The van der Waals surface area contributed by atoms with Gasteiger partial charge < -0.3 is 9.13 Å². The molecule has 2 nitrogen and oxygen atoms in total. The van der Waals surface area contributed by atoms with Gasteiger partial charge in [0.15, 0.2) is 0 Å². The minimum atomic E-state index is 1.18. The largest absolute Gasteiger partial charge is 0.309 e. The Labute approximate surface area is 313 Å². The van der Waals surface area contributed by atoms with Gasteiger partial charge in [0.25, 0.3) is 0 Å². The first-order valence-electron chi connectivity index (χ1n) is 18.6. The van der Waals surface area contributed by atoms with Gasteiger partial charge in [0, 0.05) is 32.7 Å². The molecule has 54 heavy (non-hydrogen) atoms. The van der Waals surface area contributed by atoms with Crippen LogP contribution in [0.15, 0.2) is 206 Å². The summed E-state index contributed by atoms with van der Waals surface area (Å²) in [5, 5.41) is 7.46. The van der Waals surface area contributed by atoms with Crippen LogP contribution in [0, 0.1) is 0 Å². The van der Waals surface area contributed by atoms with Gasteiger partial charge in [-0.25, -0.2) is 0 Å². The van der Waals surface area contributed by atoms with Crippen LogP contribution in [-0.4, -0.2) is 9.13 Å². The zero-order valence-corrected chi connectivity index (χ0v) is 29.5. The fourth-order valence-corrected chi connectivity index (χ4v) is 8.62. The molecule has 2 heteroatoms. The molecule has 0 amide bonds. The molecule has 0 bridgehead atoms. The van der Waals surface area contributed by atoms with E-state index in [2.05, 4.69) is 215 Å². The predicted molar refractivity (Wildman–Crippen MR) is 229 cm³/mol. The number of rotatable bonds is 5. The number of aromatic nitrogens is 2. The van der Waals surface area contributed by atoms with E-state index in [4.69, 9.17) is 0 Å². The van der Waals surface area contributed by atoms with Crippen molar-refractivity contribution in [1.82, 2.24) is 9.13 Å². The van der Waals surface area contributed by atoms with Gasteiger partial charge in [-0.3, -0.25) is 0 Å². The summed E-state index contributed by atoms with van der Waals surface area (Å²) in [5.74, 6) is 0. The smallest absolute Gasteiger partial charge is 0.0546 e. The second kappa shape index (κ2) is 12.2. The lowest BCUT2D eigenvalue weighted by Crippen LogP contribution is -1.98. The Morgan fingerprint density at radius 3 is 1.30 bits per heavy atom. The van der Waals surface area contributed by atoms with Gasteiger partial charge in [-0.15, -0.1) is 0 Å². The molecule has 0 fully saturated rings. The van der Waals surface area contributed by atoms with Crippen molar-refractivity contribution in [3.8, 4) is 44.8 Å². The molecule has 0 aliphatic carbocycles. The molecule has 0 N–H and O–H groups in total. The maximum absolute atomic E-state index is 2.46. The summed E-state index contributed by atoms with van der Waals surface area (Å²) in [6.45, 7) is 0. The monoisotopic (exact) mass is 686 g/mol. The Balaban J connectivity index is 1.11. The van der Waals surface area contributed by atoms with Crippen molar-refractivity contribution >= 4 is 54.4 Å². The van der Waals surface area contributed by atoms with Crippen molar-refractivity contribution in [2.75, 3.05) is 0 Å². The predicted octanol–water partition coefficient (Wildman–Crippen LogP) is 14.0. The van der Waals surface area contributed by atoms with E-state index in [1.54, 1.807) is 0 Å². The van der Waals surface area contributed by atoms with Crippen LogP contribution in [-0.2, 0) is 0 Å². The number of benzene rings is 9. The molecule has 0 saturated carbocycles. The third kappa shape index (κ3) is 4.74. The number of hydrogen-bond donors (Lipinski definition) is 0. The molecule has 0 aliphatic heterocycles. The summed E-state index contributed by atoms with van der Waals surface area (Å²) in [7, 11) is 0. The van der Waals surface area contributed by atoms with Crippen LogP contribution < -0.4 is 0 Å². The van der Waals surface area contributed by atoms with E-state index in [1.165, 1.54) is 99.1 Å². The maximum atomic E-state index is 2.46. The molecule has 9 aromatic carbocycles. The van der Waals surface area contributed by atoms with Gasteiger partial charge in [0.1, 0.15) is 0 Å². The van der Waals surface area contributed by atoms with E-state index in [9.17, 15) is 0 Å². The topological polar surface area (TPSA) is 9.86 Å². The van der Waals surface area contributed by atoms with Gasteiger partial charge in [-0.1, -0.05) is 152 Å². The summed E-state index contributed by atoms with van der Waals surface area (Å²) in [6, 6.07) is 75.2. The Hall–Kier alpha value is -7.16. The molecular weight excluding hydrogens is 653 g/mol. The van der Waals surface area contributed by atoms with Crippen LogP contribution in [0.2, 0.25) is 0 Å². The van der Waals surface area contributed by atoms with Gasteiger partial charge in [0.05, 0.1) is 33.4 Å². The molecule has 252 valence electrons. The lowest BCUT2D eigenvalue weighted by atomic mass is 9.98. The van der Waals surface area contributed by atoms with Crippen LogP contribution in [0.4, 0.5) is 0 Å². The van der Waals surface area contributed by atoms with E-state index >= 15 is 0 Å². The highest BCUT2D eigenvalue weighted by atomic mass is 15.0. The Bertz CT molecular complexity index is 3200. The van der Waals surface area contributed by atoms with Crippen LogP contribution in [0.3, 0.4) is 0 Å². The van der Waals surface area contributed by atoms with Gasteiger partial charge in [-0.2, -0.15) is 0 Å². The number of fused-ring (bicyclic) bond motifs is 7. The Kier molecular flexibility index (Phi) is 6.90. The molecule has 0 unspecified atom stereocenters. The van der Waals surface area contributed by atoms with Gasteiger partial charge in [0.2, 0.25) is 0 Å². The lowest BCUT2D eigenvalue weighted by molar-refractivity contribution is 1.18. The highest BCUT2D eigenvalue weighted by molar-refractivity contribution is 6.13. The highest BCUT2D eigenvalue weighted by Crippen LogP contribution is 2.41.